The van der Waals surface area contributed by atoms with Crippen LogP contribution >= 0.6 is 11.6 Å². The normalized spacial score (nSPS) is 19.4. The van der Waals surface area contributed by atoms with Crippen molar-refractivity contribution in [3.63, 3.8) is 0 Å². The van der Waals surface area contributed by atoms with Gasteiger partial charge in [0.25, 0.3) is 20.2 Å². The average molecular weight is 843 g/mol. The third kappa shape index (κ3) is 8.11. The molecule has 2 heterocycles. The molecule has 7 rings (SSSR count). The Balaban J connectivity index is 1.26. The van der Waals surface area contributed by atoms with E-state index in [2.05, 4.69) is 105 Å². The maximum Gasteiger partial charge on any atom is 0.294 e. The molecule has 0 radical (unpaired) electrons. The van der Waals surface area contributed by atoms with E-state index >= 15 is 0 Å². The zero-order chi connectivity index (χ0) is 41.6. The third-order valence-corrected chi connectivity index (χ3v) is 14.4. The van der Waals surface area contributed by atoms with E-state index in [4.69, 9.17) is 11.6 Å². The molecule has 306 valence electrons. The van der Waals surface area contributed by atoms with Crippen molar-refractivity contribution < 1.29 is 30.5 Å². The Kier molecular flexibility index (Phi) is 11.7. The number of anilines is 1. The molecule has 2 aliphatic heterocycles. The van der Waals surface area contributed by atoms with Crippen LogP contribution in [0, 0.1) is 0 Å². The van der Waals surface area contributed by atoms with Gasteiger partial charge in [-0.2, -0.15) is 21.4 Å². The van der Waals surface area contributed by atoms with E-state index < -0.39 is 25.7 Å². The number of fused-ring (bicyclic) bond motifs is 6. The Morgan fingerprint density at radius 1 is 0.793 bits per heavy atom. The number of halogens is 1. The topological polar surface area (TPSA) is 115 Å². The van der Waals surface area contributed by atoms with Crippen LogP contribution in [-0.4, -0.2) is 55.1 Å². The van der Waals surface area contributed by atoms with E-state index in [1.807, 2.05) is 12.1 Å². The smallest absolute Gasteiger partial charge is 0.294 e. The van der Waals surface area contributed by atoms with E-state index in [-0.39, 0.29) is 16.1 Å². The number of hydrogen-bond donors (Lipinski definition) is 2. The fourth-order valence-corrected chi connectivity index (χ4v) is 10.8. The van der Waals surface area contributed by atoms with Gasteiger partial charge in [0.05, 0.1) is 16.1 Å². The second-order valence-electron chi connectivity index (χ2n) is 16.9. The molecule has 0 bridgehead atoms. The minimum Gasteiger partial charge on any atom is -0.344 e. The first-order chi connectivity index (χ1) is 27.4. The Bertz CT molecular complexity index is 2690. The first kappa shape index (κ1) is 42.1. The van der Waals surface area contributed by atoms with Crippen molar-refractivity contribution in [2.45, 2.75) is 102 Å². The zero-order valence-corrected chi connectivity index (χ0v) is 36.4. The van der Waals surface area contributed by atoms with Crippen LogP contribution in [0.15, 0.2) is 118 Å². The van der Waals surface area contributed by atoms with Crippen LogP contribution in [0.5, 0.6) is 0 Å². The molecule has 2 N–H and O–H groups in total. The molecule has 0 spiro atoms. The van der Waals surface area contributed by atoms with Crippen molar-refractivity contribution in [1.29, 1.82) is 0 Å². The highest BCUT2D eigenvalue weighted by atomic mass is 35.5. The summed E-state index contributed by atoms with van der Waals surface area (Å²) >= 11 is 7.31. The number of benzene rings is 4. The van der Waals surface area contributed by atoms with Crippen LogP contribution in [0.2, 0.25) is 0 Å². The molecular weight excluding hydrogens is 788 g/mol. The van der Waals surface area contributed by atoms with E-state index in [1.54, 1.807) is 6.07 Å². The summed E-state index contributed by atoms with van der Waals surface area (Å²) in [7, 11) is -8.47. The largest absolute Gasteiger partial charge is 0.344 e. The molecule has 0 saturated heterocycles. The predicted molar refractivity (Wildman–Crippen MR) is 238 cm³/mol. The standard InChI is InChI=1S/C47H53ClN2O6S2/c1-6-7-10-28-49-39-24-18-32-14-8-9-17-37(32)43(39)46(2,3)41(49)26-20-33-15-13-16-34(45(33)48)21-27-42-47(4,5)44-38-23-22-36(58(54,55)56)31-35(38)19-25-40(44)50(42)29-11-12-30-57(51,52)53/h8-9,14,17-27,31H,6-7,10-13,15-16,28-30H2,1-5H3,(H-,51,52,53,54,55,56)/p+1. The molecule has 0 fully saturated rings. The summed E-state index contributed by atoms with van der Waals surface area (Å²) in [5, 5.41) is 4.85. The van der Waals surface area contributed by atoms with Gasteiger partial charge in [-0.15, -0.1) is 0 Å². The average Bonchev–Trinajstić information content (AvgIpc) is 3.52. The van der Waals surface area contributed by atoms with Gasteiger partial charge in [0.2, 0.25) is 5.69 Å². The quantitative estimate of drug-likeness (QED) is 0.0782. The lowest BCUT2D eigenvalue weighted by Crippen LogP contribution is -2.28. The van der Waals surface area contributed by atoms with Gasteiger partial charge in [-0.05, 0) is 121 Å². The van der Waals surface area contributed by atoms with Gasteiger partial charge in [0, 0.05) is 52.5 Å². The molecule has 0 aromatic heterocycles. The Morgan fingerprint density at radius 2 is 1.53 bits per heavy atom. The van der Waals surface area contributed by atoms with Crippen LogP contribution in [0.1, 0.15) is 97.1 Å². The number of allylic oxidation sites excluding steroid dienone is 8. The van der Waals surface area contributed by atoms with E-state index in [1.165, 1.54) is 46.3 Å². The lowest BCUT2D eigenvalue weighted by Gasteiger charge is -2.27. The summed E-state index contributed by atoms with van der Waals surface area (Å²) in [6.45, 7) is 12.6. The van der Waals surface area contributed by atoms with Crippen LogP contribution in [0.3, 0.4) is 0 Å². The number of nitrogens with zero attached hydrogens (tertiary/aromatic N) is 2. The zero-order valence-electron chi connectivity index (χ0n) is 34.1. The molecule has 0 unspecified atom stereocenters. The highest BCUT2D eigenvalue weighted by Crippen LogP contribution is 2.51. The summed E-state index contributed by atoms with van der Waals surface area (Å²) in [5.74, 6) is -0.317. The summed E-state index contributed by atoms with van der Waals surface area (Å²) < 4.78 is 68.7. The highest BCUT2D eigenvalue weighted by Gasteiger charge is 2.45. The lowest BCUT2D eigenvalue weighted by molar-refractivity contribution is -0.438. The van der Waals surface area contributed by atoms with Crippen molar-refractivity contribution in [1.82, 2.24) is 0 Å². The molecule has 0 amide bonds. The summed E-state index contributed by atoms with van der Waals surface area (Å²) in [6.07, 6.45) is 15.7. The summed E-state index contributed by atoms with van der Waals surface area (Å²) in [6, 6.07) is 21.6. The molecule has 11 heteroatoms. The first-order valence-electron chi connectivity index (χ1n) is 20.4. The molecule has 1 aliphatic carbocycles. The lowest BCUT2D eigenvalue weighted by atomic mass is 9.78. The van der Waals surface area contributed by atoms with Gasteiger partial charge in [0.1, 0.15) is 6.54 Å². The van der Waals surface area contributed by atoms with Gasteiger partial charge in [0.15, 0.2) is 5.71 Å². The maximum atomic E-state index is 12.0. The van der Waals surface area contributed by atoms with Gasteiger partial charge >= 0.3 is 0 Å². The van der Waals surface area contributed by atoms with Crippen molar-refractivity contribution in [3.05, 3.63) is 124 Å². The van der Waals surface area contributed by atoms with Gasteiger partial charge < -0.3 is 4.90 Å². The van der Waals surface area contributed by atoms with Crippen LogP contribution in [0.4, 0.5) is 11.4 Å². The highest BCUT2D eigenvalue weighted by molar-refractivity contribution is 7.86. The van der Waals surface area contributed by atoms with Crippen LogP contribution in [-0.2, 0) is 31.1 Å². The monoisotopic (exact) mass is 841 g/mol. The minimum absolute atomic E-state index is 0.168. The van der Waals surface area contributed by atoms with E-state index in [9.17, 15) is 25.9 Å². The second kappa shape index (κ2) is 16.2. The molecule has 0 saturated carbocycles. The maximum absolute atomic E-state index is 12.0. The Morgan fingerprint density at radius 3 is 2.28 bits per heavy atom. The van der Waals surface area contributed by atoms with Crippen molar-refractivity contribution in [2.24, 2.45) is 0 Å². The van der Waals surface area contributed by atoms with Gasteiger partial charge in [-0.3, -0.25) is 9.11 Å². The van der Waals surface area contributed by atoms with E-state index in [0.717, 1.165) is 77.2 Å². The molecule has 4 aromatic carbocycles. The molecule has 8 nitrogen and oxygen atoms in total. The fraction of sp³-hybridized carbons (Fsp3) is 0.383. The third-order valence-electron chi connectivity index (χ3n) is 12.2. The molecule has 3 aliphatic rings. The number of hydrogen-bond acceptors (Lipinski definition) is 5. The number of unbranched alkanes of at least 4 members (excludes halogenated alkanes) is 3. The van der Waals surface area contributed by atoms with Crippen LogP contribution < -0.4 is 4.90 Å². The predicted octanol–water partition coefficient (Wildman–Crippen LogP) is 11.3. The fourth-order valence-electron chi connectivity index (χ4n) is 9.39. The Hall–Kier alpha value is -4.06. The SMILES string of the molecule is CCCCC[N+]1=C(/C=C/C2=C(Cl)C(=C/C=C3/N(CCCCS(=O)(=O)O)c4ccc5cc(S(=O)(=O)O)ccc5c4C3(C)C)/CCC2)C(C)(C)c2c1ccc1ccccc21. The molecule has 0 atom stereocenters. The molecule has 58 heavy (non-hydrogen) atoms. The second-order valence-corrected chi connectivity index (χ2v) is 20.3. The number of rotatable bonds is 13. The van der Waals surface area contributed by atoms with Crippen molar-refractivity contribution in [2.75, 3.05) is 23.7 Å². The summed E-state index contributed by atoms with van der Waals surface area (Å²) in [4.78, 5) is 2.03. The van der Waals surface area contributed by atoms with Gasteiger partial charge in [-0.1, -0.05) is 87.3 Å². The Labute approximate surface area is 348 Å². The van der Waals surface area contributed by atoms with Crippen LogP contribution in [0.25, 0.3) is 21.5 Å². The molecule has 4 aromatic rings. The molecular formula is C47H54ClN2O6S2+. The first-order valence-corrected chi connectivity index (χ1v) is 23.8. The minimum atomic E-state index is -4.38. The van der Waals surface area contributed by atoms with Gasteiger partial charge in [-0.25, -0.2) is 0 Å². The van der Waals surface area contributed by atoms with E-state index in [0.29, 0.717) is 24.8 Å². The summed E-state index contributed by atoms with van der Waals surface area (Å²) in [5.41, 5.74) is 8.27. The van der Waals surface area contributed by atoms with Crippen molar-refractivity contribution in [3.8, 4) is 0 Å². The van der Waals surface area contributed by atoms with Crippen molar-refractivity contribution >= 4 is 70.5 Å².